The SMILES string of the molecule is Fc1cccn2nc(C3c4nc[nH]c4CCN3c3cccc(-n4nccn4)c3)cc12. The first-order valence-electron chi connectivity index (χ1n) is 9.67. The first-order valence-corrected chi connectivity index (χ1v) is 9.67. The monoisotopic (exact) mass is 400 g/mol. The fourth-order valence-electron chi connectivity index (χ4n) is 4.13. The lowest BCUT2D eigenvalue weighted by molar-refractivity contribution is 0.614. The van der Waals surface area contributed by atoms with E-state index in [1.807, 2.05) is 24.3 Å². The topological polar surface area (TPSA) is 79.9 Å². The molecule has 0 bridgehead atoms. The molecule has 0 aliphatic carbocycles. The third kappa shape index (κ3) is 2.59. The zero-order chi connectivity index (χ0) is 20.1. The van der Waals surface area contributed by atoms with Crippen LogP contribution in [0.5, 0.6) is 0 Å². The number of fused-ring (bicyclic) bond motifs is 2. The summed E-state index contributed by atoms with van der Waals surface area (Å²) in [4.78, 5) is 11.7. The molecule has 0 fully saturated rings. The molecule has 5 heterocycles. The van der Waals surface area contributed by atoms with Crippen molar-refractivity contribution < 1.29 is 4.39 Å². The first-order chi connectivity index (χ1) is 14.8. The van der Waals surface area contributed by atoms with Gasteiger partial charge in [0.1, 0.15) is 17.4 Å². The summed E-state index contributed by atoms with van der Waals surface area (Å²) in [5.41, 5.74) is 5.05. The van der Waals surface area contributed by atoms with Crippen molar-refractivity contribution in [1.82, 2.24) is 34.6 Å². The van der Waals surface area contributed by atoms with E-state index in [2.05, 4.69) is 30.2 Å². The number of imidazole rings is 1. The second-order valence-corrected chi connectivity index (χ2v) is 7.21. The second kappa shape index (κ2) is 6.51. The molecule has 1 aliphatic rings. The fourth-order valence-corrected chi connectivity index (χ4v) is 4.13. The highest BCUT2D eigenvalue weighted by molar-refractivity contribution is 5.59. The van der Waals surface area contributed by atoms with E-state index >= 15 is 0 Å². The Hall–Kier alpha value is -4.01. The van der Waals surface area contributed by atoms with Crippen molar-refractivity contribution in [3.63, 3.8) is 0 Å². The minimum atomic E-state index is -0.299. The van der Waals surface area contributed by atoms with Crippen molar-refractivity contribution in [1.29, 1.82) is 0 Å². The third-order valence-corrected chi connectivity index (χ3v) is 5.49. The zero-order valence-electron chi connectivity index (χ0n) is 15.9. The lowest BCUT2D eigenvalue weighted by atomic mass is 9.98. The van der Waals surface area contributed by atoms with Crippen LogP contribution in [0.1, 0.15) is 23.1 Å². The van der Waals surface area contributed by atoms with Gasteiger partial charge in [0.2, 0.25) is 0 Å². The number of pyridine rings is 1. The van der Waals surface area contributed by atoms with Crippen LogP contribution in [-0.2, 0) is 6.42 Å². The molecule has 5 aromatic rings. The normalized spacial score (nSPS) is 16.2. The number of nitrogens with zero attached hydrogens (tertiary/aromatic N) is 7. The average molecular weight is 400 g/mol. The van der Waals surface area contributed by atoms with Crippen LogP contribution < -0.4 is 4.90 Å². The number of halogens is 1. The van der Waals surface area contributed by atoms with Crippen LogP contribution in [0.25, 0.3) is 11.2 Å². The van der Waals surface area contributed by atoms with Crippen LogP contribution in [0.15, 0.2) is 67.4 Å². The van der Waals surface area contributed by atoms with Crippen LogP contribution in [0.2, 0.25) is 0 Å². The predicted octanol–water partition coefficient (Wildman–Crippen LogP) is 2.93. The molecule has 30 heavy (non-hydrogen) atoms. The van der Waals surface area contributed by atoms with Crippen LogP contribution in [0.3, 0.4) is 0 Å². The fraction of sp³-hybridized carbons (Fsp3) is 0.143. The summed E-state index contributed by atoms with van der Waals surface area (Å²) in [6.07, 6.45) is 7.60. The second-order valence-electron chi connectivity index (χ2n) is 7.21. The third-order valence-electron chi connectivity index (χ3n) is 5.49. The number of benzene rings is 1. The molecule has 4 aromatic heterocycles. The highest BCUT2D eigenvalue weighted by Crippen LogP contribution is 2.37. The van der Waals surface area contributed by atoms with Gasteiger partial charge < -0.3 is 9.88 Å². The van der Waals surface area contributed by atoms with E-state index in [1.165, 1.54) is 6.07 Å². The van der Waals surface area contributed by atoms with Gasteiger partial charge >= 0.3 is 0 Å². The molecule has 148 valence electrons. The van der Waals surface area contributed by atoms with Gasteiger partial charge in [0.15, 0.2) is 0 Å². The van der Waals surface area contributed by atoms with Crippen LogP contribution >= 0.6 is 0 Å². The summed E-state index contributed by atoms with van der Waals surface area (Å²) in [5.74, 6) is -0.299. The summed E-state index contributed by atoms with van der Waals surface area (Å²) in [6.45, 7) is 0.770. The first kappa shape index (κ1) is 16.9. The molecular formula is C21H17FN8. The zero-order valence-corrected chi connectivity index (χ0v) is 15.9. The Morgan fingerprint density at radius 1 is 1.03 bits per heavy atom. The number of rotatable bonds is 3. The van der Waals surface area contributed by atoms with Gasteiger partial charge in [-0.1, -0.05) is 6.07 Å². The molecule has 1 aromatic carbocycles. The van der Waals surface area contributed by atoms with Crippen molar-refractivity contribution in [2.24, 2.45) is 0 Å². The van der Waals surface area contributed by atoms with Crippen molar-refractivity contribution in [3.8, 4) is 5.69 Å². The minimum Gasteiger partial charge on any atom is -0.357 e. The van der Waals surface area contributed by atoms with Crippen molar-refractivity contribution >= 4 is 11.2 Å². The van der Waals surface area contributed by atoms with Gasteiger partial charge in [0.05, 0.1) is 35.8 Å². The number of nitrogens with one attached hydrogen (secondary N) is 1. The Kier molecular flexibility index (Phi) is 3.67. The number of hydrogen-bond donors (Lipinski definition) is 1. The van der Waals surface area contributed by atoms with E-state index in [0.29, 0.717) is 5.52 Å². The van der Waals surface area contributed by atoms with Gasteiger partial charge in [-0.2, -0.15) is 20.1 Å². The number of aromatic nitrogens is 7. The minimum absolute atomic E-state index is 0.236. The van der Waals surface area contributed by atoms with E-state index in [9.17, 15) is 4.39 Å². The van der Waals surface area contributed by atoms with Crippen LogP contribution in [0, 0.1) is 5.82 Å². The number of anilines is 1. The molecule has 9 heteroatoms. The maximum atomic E-state index is 14.3. The molecule has 0 spiro atoms. The molecule has 0 saturated carbocycles. The summed E-state index contributed by atoms with van der Waals surface area (Å²) >= 11 is 0. The lowest BCUT2D eigenvalue weighted by Crippen LogP contribution is -2.36. The van der Waals surface area contributed by atoms with Crippen LogP contribution in [0.4, 0.5) is 10.1 Å². The van der Waals surface area contributed by atoms with Gasteiger partial charge in [-0.15, -0.1) is 0 Å². The van der Waals surface area contributed by atoms with E-state index in [0.717, 1.165) is 41.4 Å². The number of aromatic amines is 1. The van der Waals surface area contributed by atoms with Crippen molar-refractivity contribution in [2.75, 3.05) is 11.4 Å². The number of hydrogen-bond acceptors (Lipinski definition) is 5. The lowest BCUT2D eigenvalue weighted by Gasteiger charge is -2.36. The molecule has 0 radical (unpaired) electrons. The molecule has 1 atom stereocenters. The predicted molar refractivity (Wildman–Crippen MR) is 108 cm³/mol. The maximum Gasteiger partial charge on any atom is 0.148 e. The molecule has 1 aliphatic heterocycles. The number of H-pyrrole nitrogens is 1. The summed E-state index contributed by atoms with van der Waals surface area (Å²) < 4.78 is 15.9. The average Bonchev–Trinajstić information content (AvgIpc) is 3.53. The summed E-state index contributed by atoms with van der Waals surface area (Å²) in [6, 6.07) is 12.7. The van der Waals surface area contributed by atoms with E-state index in [4.69, 9.17) is 0 Å². The molecule has 0 saturated heterocycles. The molecule has 1 N–H and O–H groups in total. The molecule has 6 rings (SSSR count). The maximum absolute atomic E-state index is 14.3. The quantitative estimate of drug-likeness (QED) is 0.504. The Morgan fingerprint density at radius 2 is 1.90 bits per heavy atom. The van der Waals surface area contributed by atoms with E-state index in [-0.39, 0.29) is 11.9 Å². The molecule has 0 amide bonds. The van der Waals surface area contributed by atoms with Crippen molar-refractivity contribution in [3.05, 3.63) is 90.3 Å². The van der Waals surface area contributed by atoms with Crippen molar-refractivity contribution in [2.45, 2.75) is 12.5 Å². The van der Waals surface area contributed by atoms with Gasteiger partial charge in [0, 0.05) is 30.5 Å². The Bertz CT molecular complexity index is 1340. The Morgan fingerprint density at radius 3 is 2.77 bits per heavy atom. The van der Waals surface area contributed by atoms with E-state index < -0.39 is 0 Å². The van der Waals surface area contributed by atoms with E-state index in [1.54, 1.807) is 46.4 Å². The van der Waals surface area contributed by atoms with Crippen LogP contribution in [-0.4, -0.2) is 41.1 Å². The van der Waals surface area contributed by atoms with Gasteiger partial charge in [0.25, 0.3) is 0 Å². The molecular weight excluding hydrogens is 383 g/mol. The standard InChI is InChI=1S/C21H17FN8/c22-16-5-2-9-29-19(16)12-18(27-29)21-20-17(23-13-24-20)6-10-28(21)14-3-1-4-15(11-14)30-25-7-8-26-30/h1-5,7-9,11-13,21H,6,10H2,(H,23,24). The molecule has 1 unspecified atom stereocenters. The smallest absolute Gasteiger partial charge is 0.148 e. The largest absolute Gasteiger partial charge is 0.357 e. The summed E-state index contributed by atoms with van der Waals surface area (Å²) in [7, 11) is 0. The highest BCUT2D eigenvalue weighted by Gasteiger charge is 2.33. The Labute approximate surface area is 170 Å². The Balaban J connectivity index is 1.50. The van der Waals surface area contributed by atoms with Gasteiger partial charge in [-0.3, -0.25) is 0 Å². The van der Waals surface area contributed by atoms with Gasteiger partial charge in [-0.25, -0.2) is 13.9 Å². The molecule has 8 nitrogen and oxygen atoms in total. The summed E-state index contributed by atoms with van der Waals surface area (Å²) in [5, 5.41) is 13.1. The van der Waals surface area contributed by atoms with Gasteiger partial charge in [-0.05, 0) is 36.4 Å². The highest BCUT2D eigenvalue weighted by atomic mass is 19.1.